The van der Waals surface area contributed by atoms with Crippen LogP contribution in [0, 0.1) is 5.92 Å². The number of hydrogen-bond acceptors (Lipinski definition) is 3. The molecule has 0 aliphatic heterocycles. The second-order valence-corrected chi connectivity index (χ2v) is 5.05. The number of rotatable bonds is 8. The lowest BCUT2D eigenvalue weighted by Gasteiger charge is -2.12. The van der Waals surface area contributed by atoms with Crippen molar-refractivity contribution in [2.24, 2.45) is 5.92 Å². The summed E-state index contributed by atoms with van der Waals surface area (Å²) in [5.41, 5.74) is 2.05. The quantitative estimate of drug-likeness (QED) is 0.538. The van der Waals surface area contributed by atoms with E-state index >= 15 is 0 Å². The third-order valence-corrected chi connectivity index (χ3v) is 2.47. The first kappa shape index (κ1) is 17.5. The van der Waals surface area contributed by atoms with Crippen LogP contribution in [0.1, 0.15) is 41.0 Å². The van der Waals surface area contributed by atoms with Gasteiger partial charge in [0.05, 0.1) is 5.92 Å². The van der Waals surface area contributed by atoms with Gasteiger partial charge < -0.3 is 10.1 Å². The number of carbonyl (C=O) groups excluding carboxylic acids is 1. The van der Waals surface area contributed by atoms with Gasteiger partial charge in [0.15, 0.2) is 0 Å². The molecule has 0 amide bonds. The van der Waals surface area contributed by atoms with Crippen molar-refractivity contribution < 1.29 is 9.53 Å². The van der Waals surface area contributed by atoms with Crippen molar-refractivity contribution in [2.45, 2.75) is 47.1 Å². The van der Waals surface area contributed by atoms with Crippen LogP contribution in [-0.4, -0.2) is 18.6 Å². The van der Waals surface area contributed by atoms with Gasteiger partial charge in [0, 0.05) is 11.7 Å². The van der Waals surface area contributed by atoms with Crippen LogP contribution in [0.25, 0.3) is 0 Å². The van der Waals surface area contributed by atoms with Crippen molar-refractivity contribution in [1.82, 2.24) is 5.32 Å². The molecule has 0 atom stereocenters. The highest BCUT2D eigenvalue weighted by Gasteiger charge is 2.07. The normalized spacial score (nSPS) is 12.8. The Bertz CT molecular complexity index is 352. The Morgan fingerprint density at radius 2 is 1.89 bits per heavy atom. The summed E-state index contributed by atoms with van der Waals surface area (Å²) in [6.07, 6.45) is 6.60. The highest BCUT2D eigenvalue weighted by Crippen LogP contribution is 2.05. The number of allylic oxidation sites excluding steroid dienone is 3. The Balaban J connectivity index is 4.57. The van der Waals surface area contributed by atoms with Gasteiger partial charge in [0.2, 0.25) is 0 Å². The lowest BCUT2D eigenvalue weighted by molar-refractivity contribution is -0.146. The zero-order valence-corrected chi connectivity index (χ0v) is 12.8. The maximum atomic E-state index is 11.4. The van der Waals surface area contributed by atoms with E-state index in [0.717, 1.165) is 17.7 Å². The van der Waals surface area contributed by atoms with Crippen LogP contribution >= 0.6 is 0 Å². The number of hydrogen-bond donors (Lipinski definition) is 1. The topological polar surface area (TPSA) is 38.3 Å². The molecule has 0 unspecified atom stereocenters. The van der Waals surface area contributed by atoms with E-state index in [9.17, 15) is 4.79 Å². The predicted molar refractivity (Wildman–Crippen MR) is 80.7 cm³/mol. The molecule has 0 spiro atoms. The maximum absolute atomic E-state index is 11.4. The summed E-state index contributed by atoms with van der Waals surface area (Å²) in [5.74, 6) is -0.289. The molecule has 0 heterocycles. The Morgan fingerprint density at radius 3 is 2.32 bits per heavy atom. The van der Waals surface area contributed by atoms with Gasteiger partial charge in [-0.1, -0.05) is 39.5 Å². The molecule has 0 aliphatic rings. The van der Waals surface area contributed by atoms with E-state index < -0.39 is 0 Å². The fraction of sp³-hybridized carbons (Fsp3) is 0.562. The fourth-order valence-corrected chi connectivity index (χ4v) is 1.34. The van der Waals surface area contributed by atoms with E-state index in [-0.39, 0.29) is 18.5 Å². The Hall–Kier alpha value is -1.51. The van der Waals surface area contributed by atoms with Crippen molar-refractivity contribution in [3.05, 3.63) is 36.1 Å². The summed E-state index contributed by atoms with van der Waals surface area (Å²) in [4.78, 5) is 11.4. The van der Waals surface area contributed by atoms with Crippen LogP contribution in [0.5, 0.6) is 0 Å². The summed E-state index contributed by atoms with van der Waals surface area (Å²) in [7, 11) is 0. The molecular weight excluding hydrogens is 238 g/mol. The Labute approximate surface area is 117 Å². The second kappa shape index (κ2) is 9.42. The van der Waals surface area contributed by atoms with E-state index in [0.29, 0.717) is 6.04 Å². The third-order valence-electron chi connectivity index (χ3n) is 2.47. The molecule has 0 aromatic heterocycles. The van der Waals surface area contributed by atoms with Crippen molar-refractivity contribution in [3.63, 3.8) is 0 Å². The van der Waals surface area contributed by atoms with Crippen LogP contribution in [0.4, 0.5) is 0 Å². The molecule has 108 valence electrons. The summed E-state index contributed by atoms with van der Waals surface area (Å²) in [5, 5.41) is 3.37. The first-order valence-electron chi connectivity index (χ1n) is 6.86. The first-order chi connectivity index (χ1) is 8.90. The Kier molecular flexibility index (Phi) is 8.68. The third kappa shape index (κ3) is 8.25. The molecule has 19 heavy (non-hydrogen) atoms. The van der Waals surface area contributed by atoms with Gasteiger partial charge in [-0.25, -0.2) is 0 Å². The van der Waals surface area contributed by atoms with Crippen LogP contribution in [0.3, 0.4) is 0 Å². The average molecular weight is 265 g/mol. The van der Waals surface area contributed by atoms with Crippen molar-refractivity contribution in [3.8, 4) is 0 Å². The molecule has 0 aromatic rings. The minimum absolute atomic E-state index is 0.101. The fourth-order valence-electron chi connectivity index (χ4n) is 1.34. The monoisotopic (exact) mass is 265 g/mol. The molecular formula is C16H27NO2. The number of ether oxygens (including phenoxy) is 1. The smallest absolute Gasteiger partial charge is 0.308 e. The van der Waals surface area contributed by atoms with E-state index in [1.807, 2.05) is 26.0 Å². The van der Waals surface area contributed by atoms with Gasteiger partial charge in [-0.05, 0) is 31.9 Å². The van der Waals surface area contributed by atoms with Crippen LogP contribution in [0.2, 0.25) is 0 Å². The van der Waals surface area contributed by atoms with E-state index in [2.05, 4.69) is 32.7 Å². The molecule has 3 nitrogen and oxygen atoms in total. The minimum atomic E-state index is -0.187. The van der Waals surface area contributed by atoms with Crippen molar-refractivity contribution >= 4 is 5.97 Å². The number of esters is 1. The molecule has 3 heteroatoms. The molecule has 0 aliphatic carbocycles. The van der Waals surface area contributed by atoms with Crippen LogP contribution in [0.15, 0.2) is 36.1 Å². The number of nitrogens with one attached hydrogen (secondary N) is 1. The molecule has 0 fully saturated rings. The summed E-state index contributed by atoms with van der Waals surface area (Å²) < 4.78 is 5.18. The lowest BCUT2D eigenvalue weighted by atomic mass is 10.2. The van der Waals surface area contributed by atoms with Gasteiger partial charge in [-0.2, -0.15) is 0 Å². The molecule has 0 aromatic carbocycles. The lowest BCUT2D eigenvalue weighted by Crippen LogP contribution is -2.21. The van der Waals surface area contributed by atoms with Gasteiger partial charge in [-0.3, -0.25) is 4.79 Å². The summed E-state index contributed by atoms with van der Waals surface area (Å²) >= 11 is 0. The SMILES string of the molecule is C=C/C(=C\C=C(/CC)NC(C)C)COC(=O)C(C)C. The van der Waals surface area contributed by atoms with Gasteiger partial charge >= 0.3 is 5.97 Å². The summed E-state index contributed by atoms with van der Waals surface area (Å²) in [6, 6.07) is 0.408. The van der Waals surface area contributed by atoms with E-state index in [1.165, 1.54) is 0 Å². The van der Waals surface area contributed by atoms with Crippen LogP contribution < -0.4 is 5.32 Å². The van der Waals surface area contributed by atoms with Gasteiger partial charge in [0.25, 0.3) is 0 Å². The molecule has 0 rings (SSSR count). The second-order valence-electron chi connectivity index (χ2n) is 5.05. The first-order valence-corrected chi connectivity index (χ1v) is 6.86. The highest BCUT2D eigenvalue weighted by atomic mass is 16.5. The zero-order chi connectivity index (χ0) is 14.8. The largest absolute Gasteiger partial charge is 0.461 e. The van der Waals surface area contributed by atoms with Gasteiger partial charge in [-0.15, -0.1) is 0 Å². The number of carbonyl (C=O) groups is 1. The highest BCUT2D eigenvalue weighted by molar-refractivity contribution is 5.71. The van der Waals surface area contributed by atoms with E-state index in [1.54, 1.807) is 6.08 Å². The maximum Gasteiger partial charge on any atom is 0.308 e. The molecule has 0 radical (unpaired) electrons. The Morgan fingerprint density at radius 1 is 1.26 bits per heavy atom. The predicted octanol–water partition coefficient (Wildman–Crippen LogP) is 3.59. The van der Waals surface area contributed by atoms with Gasteiger partial charge in [0.1, 0.15) is 6.61 Å². The summed E-state index contributed by atoms with van der Waals surface area (Å²) in [6.45, 7) is 14.0. The van der Waals surface area contributed by atoms with Crippen LogP contribution in [-0.2, 0) is 9.53 Å². The molecule has 0 saturated heterocycles. The standard InChI is InChI=1S/C16H27NO2/c1-7-14(11-19-16(18)12(3)4)9-10-15(8-2)17-13(5)6/h7,9-10,12-13,17H,1,8,11H2,2-6H3/b14-9+,15-10+. The molecule has 0 saturated carbocycles. The van der Waals surface area contributed by atoms with E-state index in [4.69, 9.17) is 4.74 Å². The minimum Gasteiger partial charge on any atom is -0.461 e. The van der Waals surface area contributed by atoms with Crippen molar-refractivity contribution in [1.29, 1.82) is 0 Å². The van der Waals surface area contributed by atoms with Crippen molar-refractivity contribution in [2.75, 3.05) is 6.61 Å². The average Bonchev–Trinajstić information content (AvgIpc) is 2.36. The molecule has 0 bridgehead atoms. The zero-order valence-electron chi connectivity index (χ0n) is 12.8. The molecule has 1 N–H and O–H groups in total.